The predicted octanol–water partition coefficient (Wildman–Crippen LogP) is 3.03. The number of piperidine rings is 2. The molecule has 1 amide bonds. The topological polar surface area (TPSA) is 57.7 Å². The number of nitrogens with zero attached hydrogens (tertiary/aromatic N) is 2. The van der Waals surface area contributed by atoms with Gasteiger partial charge in [-0.25, -0.2) is 12.8 Å². The molecule has 26 heavy (non-hydrogen) atoms. The molecule has 0 aliphatic carbocycles. The van der Waals surface area contributed by atoms with Gasteiger partial charge >= 0.3 is 0 Å². The van der Waals surface area contributed by atoms with E-state index in [-0.39, 0.29) is 18.5 Å². The van der Waals surface area contributed by atoms with Gasteiger partial charge in [0.25, 0.3) is 0 Å². The van der Waals surface area contributed by atoms with Gasteiger partial charge < -0.3 is 4.90 Å². The Labute approximate surface area is 159 Å². The molecule has 3 rings (SSSR count). The second-order valence-electron chi connectivity index (χ2n) is 7.42. The molecule has 0 bridgehead atoms. The summed E-state index contributed by atoms with van der Waals surface area (Å²) in [6.45, 7) is 3.15. The highest BCUT2D eigenvalue weighted by Crippen LogP contribution is 2.45. The Morgan fingerprint density at radius 1 is 1.23 bits per heavy atom. The van der Waals surface area contributed by atoms with Crippen LogP contribution in [0.25, 0.3) is 0 Å². The average molecular weight is 403 g/mol. The summed E-state index contributed by atoms with van der Waals surface area (Å²) in [6, 6.07) is 3.90. The second kappa shape index (κ2) is 7.09. The molecule has 2 saturated heterocycles. The molecule has 0 N–H and O–H groups in total. The van der Waals surface area contributed by atoms with Crippen LogP contribution < -0.4 is 0 Å². The zero-order valence-corrected chi connectivity index (χ0v) is 16.6. The van der Waals surface area contributed by atoms with Crippen molar-refractivity contribution in [3.05, 3.63) is 34.6 Å². The van der Waals surface area contributed by atoms with Gasteiger partial charge in [0.05, 0.1) is 11.7 Å². The first-order valence-electron chi connectivity index (χ1n) is 8.85. The summed E-state index contributed by atoms with van der Waals surface area (Å²) in [5.74, 6) is -0.467. The van der Waals surface area contributed by atoms with Crippen molar-refractivity contribution >= 4 is 27.5 Å². The van der Waals surface area contributed by atoms with Crippen LogP contribution in [0.5, 0.6) is 0 Å². The highest BCUT2D eigenvalue weighted by atomic mass is 35.5. The van der Waals surface area contributed by atoms with Crippen LogP contribution >= 0.6 is 11.6 Å². The zero-order chi connectivity index (χ0) is 19.1. The van der Waals surface area contributed by atoms with Crippen LogP contribution in [0.15, 0.2) is 18.2 Å². The third-order valence-electron chi connectivity index (χ3n) is 5.72. The molecule has 8 heteroatoms. The number of carbonyl (C=O) groups is 1. The molecule has 0 unspecified atom stereocenters. The van der Waals surface area contributed by atoms with Crippen molar-refractivity contribution < 1.29 is 17.6 Å². The molecule has 2 aliphatic rings. The molecule has 1 aromatic rings. The van der Waals surface area contributed by atoms with Crippen LogP contribution in [-0.2, 0) is 21.4 Å². The van der Waals surface area contributed by atoms with Gasteiger partial charge in [-0.05, 0) is 56.4 Å². The fourth-order valence-corrected chi connectivity index (χ4v) is 5.96. The van der Waals surface area contributed by atoms with Gasteiger partial charge in [-0.3, -0.25) is 4.79 Å². The summed E-state index contributed by atoms with van der Waals surface area (Å²) in [6.07, 6.45) is 4.03. The van der Waals surface area contributed by atoms with Gasteiger partial charge in [0, 0.05) is 30.7 Å². The summed E-state index contributed by atoms with van der Waals surface area (Å²) in [4.78, 5) is 15.1. The van der Waals surface area contributed by atoms with Gasteiger partial charge in [-0.1, -0.05) is 11.6 Å². The first kappa shape index (κ1) is 19.6. The fraction of sp³-hybridized carbons (Fsp3) is 0.611. The second-order valence-corrected chi connectivity index (χ2v) is 9.79. The van der Waals surface area contributed by atoms with Gasteiger partial charge in [0.2, 0.25) is 15.9 Å². The van der Waals surface area contributed by atoms with E-state index in [1.165, 1.54) is 22.7 Å². The lowest BCUT2D eigenvalue weighted by Crippen LogP contribution is -2.61. The molecule has 2 heterocycles. The quantitative estimate of drug-likeness (QED) is 0.780. The standard InChI is InChI=1S/C18H24ClFN2O3S/c1-13-18(6-4-8-22(13)26(2,24)25)5-3-7-21(17(18)23)12-14-9-15(19)11-16(20)10-14/h9-11,13H,3-8,12H2,1-2H3/t13-,18-/m0/s1. The Kier molecular flexibility index (Phi) is 5.34. The lowest BCUT2D eigenvalue weighted by molar-refractivity contribution is -0.153. The van der Waals surface area contributed by atoms with E-state index < -0.39 is 21.3 Å². The highest BCUT2D eigenvalue weighted by molar-refractivity contribution is 7.88. The number of amides is 1. The minimum Gasteiger partial charge on any atom is -0.338 e. The monoisotopic (exact) mass is 402 g/mol. The Balaban J connectivity index is 1.87. The van der Waals surface area contributed by atoms with Crippen LogP contribution in [0.1, 0.15) is 38.2 Å². The minimum atomic E-state index is -3.37. The Morgan fingerprint density at radius 2 is 1.88 bits per heavy atom. The van der Waals surface area contributed by atoms with Crippen LogP contribution in [0.3, 0.4) is 0 Å². The maximum atomic E-state index is 13.6. The van der Waals surface area contributed by atoms with E-state index in [9.17, 15) is 17.6 Å². The molecular weight excluding hydrogens is 379 g/mol. The number of benzene rings is 1. The van der Waals surface area contributed by atoms with Crippen LogP contribution in [0.4, 0.5) is 4.39 Å². The van der Waals surface area contributed by atoms with Gasteiger partial charge in [-0.15, -0.1) is 0 Å². The number of hydrogen-bond acceptors (Lipinski definition) is 3. The zero-order valence-electron chi connectivity index (χ0n) is 15.0. The predicted molar refractivity (Wildman–Crippen MR) is 98.7 cm³/mol. The van der Waals surface area contributed by atoms with Gasteiger partial charge in [0.1, 0.15) is 5.82 Å². The van der Waals surface area contributed by atoms with E-state index in [2.05, 4.69) is 0 Å². The molecule has 2 aliphatic heterocycles. The van der Waals surface area contributed by atoms with Crippen LogP contribution in [0.2, 0.25) is 5.02 Å². The summed E-state index contributed by atoms with van der Waals surface area (Å²) in [5.41, 5.74) is -0.0553. The number of carbonyl (C=O) groups excluding carboxylic acids is 1. The van der Waals surface area contributed by atoms with E-state index in [0.717, 1.165) is 6.42 Å². The number of halogens is 2. The Hall–Kier alpha value is -1.18. The van der Waals surface area contributed by atoms with Crippen molar-refractivity contribution in [2.75, 3.05) is 19.3 Å². The maximum Gasteiger partial charge on any atom is 0.230 e. The average Bonchev–Trinajstić information content (AvgIpc) is 2.52. The smallest absolute Gasteiger partial charge is 0.230 e. The molecule has 5 nitrogen and oxygen atoms in total. The van der Waals surface area contributed by atoms with Crippen molar-refractivity contribution in [2.24, 2.45) is 5.41 Å². The summed E-state index contributed by atoms with van der Waals surface area (Å²) >= 11 is 5.92. The van der Waals surface area contributed by atoms with Gasteiger partial charge in [0.15, 0.2) is 0 Å². The largest absolute Gasteiger partial charge is 0.338 e. The van der Waals surface area contributed by atoms with E-state index >= 15 is 0 Å². The van der Waals surface area contributed by atoms with Crippen molar-refractivity contribution in [1.29, 1.82) is 0 Å². The first-order chi connectivity index (χ1) is 12.1. The van der Waals surface area contributed by atoms with Crippen LogP contribution in [0, 0.1) is 11.2 Å². The third kappa shape index (κ3) is 3.62. The number of sulfonamides is 1. The molecule has 1 spiro atoms. The van der Waals surface area contributed by atoms with Crippen molar-refractivity contribution in [3.63, 3.8) is 0 Å². The molecule has 144 valence electrons. The first-order valence-corrected chi connectivity index (χ1v) is 11.1. The fourth-order valence-electron chi connectivity index (χ4n) is 4.48. The van der Waals surface area contributed by atoms with Crippen LogP contribution in [-0.4, -0.2) is 48.9 Å². The lowest BCUT2D eigenvalue weighted by Gasteiger charge is -2.50. The number of hydrogen-bond donors (Lipinski definition) is 0. The summed E-state index contributed by atoms with van der Waals surface area (Å²) in [7, 11) is -3.37. The molecule has 0 aromatic heterocycles. The SMILES string of the molecule is C[C@@H]1N(S(C)(=O)=O)CCC[C@@]12CCCN(Cc1cc(F)cc(Cl)c1)C2=O. The summed E-state index contributed by atoms with van der Waals surface area (Å²) in [5, 5.41) is 0.299. The lowest BCUT2D eigenvalue weighted by atomic mass is 9.68. The molecular formula is C18H24ClFN2O3S. The van der Waals surface area contributed by atoms with E-state index in [1.54, 1.807) is 11.0 Å². The number of rotatable bonds is 3. The summed E-state index contributed by atoms with van der Waals surface area (Å²) < 4.78 is 39.3. The highest BCUT2D eigenvalue weighted by Gasteiger charge is 2.52. The molecule has 1 aromatic carbocycles. The molecule has 0 radical (unpaired) electrons. The Bertz CT molecular complexity index is 792. The molecule has 2 atom stereocenters. The number of likely N-dealkylation sites (tertiary alicyclic amines) is 1. The van der Waals surface area contributed by atoms with Crippen molar-refractivity contribution in [1.82, 2.24) is 9.21 Å². The van der Waals surface area contributed by atoms with Crippen molar-refractivity contribution in [3.8, 4) is 0 Å². The van der Waals surface area contributed by atoms with Gasteiger partial charge in [-0.2, -0.15) is 4.31 Å². The Morgan fingerprint density at radius 3 is 2.50 bits per heavy atom. The van der Waals surface area contributed by atoms with E-state index in [1.807, 2.05) is 6.92 Å². The third-order valence-corrected chi connectivity index (χ3v) is 7.29. The van der Waals surface area contributed by atoms with Crippen molar-refractivity contribution in [2.45, 2.75) is 45.2 Å². The minimum absolute atomic E-state index is 0.0371. The maximum absolute atomic E-state index is 13.6. The van der Waals surface area contributed by atoms with E-state index in [4.69, 9.17) is 11.6 Å². The molecule has 0 saturated carbocycles. The van der Waals surface area contributed by atoms with E-state index in [0.29, 0.717) is 42.9 Å². The normalized spacial score (nSPS) is 27.9. The molecule has 2 fully saturated rings.